The summed E-state index contributed by atoms with van der Waals surface area (Å²) in [7, 11) is 1.52. The molecule has 0 saturated heterocycles. The lowest BCUT2D eigenvalue weighted by Gasteiger charge is -2.10. The molecule has 2 aromatic carbocycles. The fourth-order valence-electron chi connectivity index (χ4n) is 1.67. The Bertz CT molecular complexity index is 614. The molecule has 0 aromatic heterocycles. The minimum Gasteiger partial charge on any atom is -0.496 e. The SMILES string of the molecule is COc1ccc(N)cc1C(=O)Nc1cccc(I)c1. The first-order chi connectivity index (χ1) is 9.10. The molecule has 0 saturated carbocycles. The fraction of sp³-hybridized carbons (Fsp3) is 0.0714. The van der Waals surface area contributed by atoms with E-state index < -0.39 is 0 Å². The van der Waals surface area contributed by atoms with Crippen molar-refractivity contribution in [3.05, 3.63) is 51.6 Å². The first-order valence-electron chi connectivity index (χ1n) is 5.60. The molecule has 0 unspecified atom stereocenters. The average Bonchev–Trinajstić information content (AvgIpc) is 2.38. The second-order valence-corrected chi connectivity index (χ2v) is 5.17. The van der Waals surface area contributed by atoms with Gasteiger partial charge in [0, 0.05) is 14.9 Å². The van der Waals surface area contributed by atoms with Crippen LogP contribution in [0.2, 0.25) is 0 Å². The topological polar surface area (TPSA) is 64.3 Å². The molecule has 2 aromatic rings. The number of carbonyl (C=O) groups is 1. The highest BCUT2D eigenvalue weighted by atomic mass is 127. The molecule has 1 amide bonds. The number of methoxy groups -OCH3 is 1. The molecule has 0 atom stereocenters. The summed E-state index contributed by atoms with van der Waals surface area (Å²) >= 11 is 2.19. The molecule has 98 valence electrons. The lowest BCUT2D eigenvalue weighted by Crippen LogP contribution is -2.13. The lowest BCUT2D eigenvalue weighted by molar-refractivity contribution is 0.102. The van der Waals surface area contributed by atoms with Gasteiger partial charge in [0.25, 0.3) is 5.91 Å². The van der Waals surface area contributed by atoms with E-state index in [1.165, 1.54) is 7.11 Å². The summed E-state index contributed by atoms with van der Waals surface area (Å²) in [5.74, 6) is 0.253. The van der Waals surface area contributed by atoms with Crippen LogP contribution in [-0.2, 0) is 0 Å². The predicted octanol–water partition coefficient (Wildman–Crippen LogP) is 3.13. The van der Waals surface area contributed by atoms with E-state index in [1.807, 2.05) is 24.3 Å². The number of halogens is 1. The van der Waals surface area contributed by atoms with E-state index in [0.29, 0.717) is 17.0 Å². The van der Waals surface area contributed by atoms with Crippen LogP contribution >= 0.6 is 22.6 Å². The monoisotopic (exact) mass is 368 g/mol. The molecule has 0 fully saturated rings. The van der Waals surface area contributed by atoms with E-state index in [0.717, 1.165) is 9.26 Å². The molecule has 3 N–H and O–H groups in total. The molecule has 5 heteroatoms. The first kappa shape index (κ1) is 13.7. The summed E-state index contributed by atoms with van der Waals surface area (Å²) in [6.07, 6.45) is 0. The number of anilines is 2. The van der Waals surface area contributed by atoms with Gasteiger partial charge in [-0.3, -0.25) is 4.79 Å². The normalized spacial score (nSPS) is 10.0. The number of rotatable bonds is 3. The number of amides is 1. The minimum atomic E-state index is -0.244. The largest absolute Gasteiger partial charge is 0.496 e. The van der Waals surface area contributed by atoms with Crippen LogP contribution in [0, 0.1) is 3.57 Å². The van der Waals surface area contributed by atoms with Crippen molar-refractivity contribution in [2.24, 2.45) is 0 Å². The van der Waals surface area contributed by atoms with Crippen molar-refractivity contribution in [3.63, 3.8) is 0 Å². The van der Waals surface area contributed by atoms with Crippen LogP contribution < -0.4 is 15.8 Å². The van der Waals surface area contributed by atoms with Gasteiger partial charge in [-0.1, -0.05) is 6.07 Å². The number of nitrogens with two attached hydrogens (primary N) is 1. The van der Waals surface area contributed by atoms with Crippen molar-refractivity contribution < 1.29 is 9.53 Å². The summed E-state index contributed by atoms with van der Waals surface area (Å²) in [4.78, 5) is 12.2. The minimum absolute atomic E-state index is 0.244. The molecule has 0 bridgehead atoms. The van der Waals surface area contributed by atoms with E-state index >= 15 is 0 Å². The van der Waals surface area contributed by atoms with Gasteiger partial charge in [0.2, 0.25) is 0 Å². The van der Waals surface area contributed by atoms with Crippen molar-refractivity contribution in [2.45, 2.75) is 0 Å². The summed E-state index contributed by atoms with van der Waals surface area (Å²) in [5.41, 5.74) is 7.38. The number of nitrogens with one attached hydrogen (secondary N) is 1. The van der Waals surface area contributed by atoms with Crippen molar-refractivity contribution in [1.29, 1.82) is 0 Å². The van der Waals surface area contributed by atoms with Gasteiger partial charge in [-0.15, -0.1) is 0 Å². The maximum atomic E-state index is 12.2. The number of carbonyl (C=O) groups excluding carboxylic acids is 1. The van der Waals surface area contributed by atoms with Crippen molar-refractivity contribution in [3.8, 4) is 5.75 Å². The molecule has 4 nitrogen and oxygen atoms in total. The molecule has 0 aliphatic carbocycles. The summed E-state index contributed by atoms with van der Waals surface area (Å²) < 4.78 is 6.22. The van der Waals surface area contributed by atoms with Gasteiger partial charge in [0.15, 0.2) is 0 Å². The Kier molecular flexibility index (Phi) is 4.26. The van der Waals surface area contributed by atoms with E-state index in [2.05, 4.69) is 27.9 Å². The Morgan fingerprint density at radius 3 is 2.74 bits per heavy atom. The van der Waals surface area contributed by atoms with Crippen LogP contribution in [0.1, 0.15) is 10.4 Å². The summed E-state index contributed by atoms with van der Waals surface area (Å²) in [5, 5.41) is 2.82. The Morgan fingerprint density at radius 1 is 1.26 bits per heavy atom. The van der Waals surface area contributed by atoms with E-state index in [9.17, 15) is 4.79 Å². The van der Waals surface area contributed by atoms with Crippen LogP contribution in [0.4, 0.5) is 11.4 Å². The zero-order valence-electron chi connectivity index (χ0n) is 10.3. The molecule has 0 aliphatic rings. The van der Waals surface area contributed by atoms with Gasteiger partial charge in [0.05, 0.1) is 12.7 Å². The lowest BCUT2D eigenvalue weighted by atomic mass is 10.1. The molecular weight excluding hydrogens is 355 g/mol. The number of hydrogen-bond acceptors (Lipinski definition) is 3. The zero-order valence-corrected chi connectivity index (χ0v) is 12.5. The molecule has 0 spiro atoms. The molecule has 0 heterocycles. The van der Waals surface area contributed by atoms with Gasteiger partial charge in [-0.25, -0.2) is 0 Å². The highest BCUT2D eigenvalue weighted by molar-refractivity contribution is 14.1. The second kappa shape index (κ2) is 5.92. The van der Waals surface area contributed by atoms with Crippen LogP contribution in [0.15, 0.2) is 42.5 Å². The number of hydrogen-bond donors (Lipinski definition) is 2. The van der Waals surface area contributed by atoms with E-state index in [4.69, 9.17) is 10.5 Å². The Labute approximate surface area is 125 Å². The van der Waals surface area contributed by atoms with E-state index in [1.54, 1.807) is 18.2 Å². The quantitative estimate of drug-likeness (QED) is 0.646. The van der Waals surface area contributed by atoms with Gasteiger partial charge < -0.3 is 15.8 Å². The van der Waals surface area contributed by atoms with Crippen LogP contribution in [0.25, 0.3) is 0 Å². The zero-order chi connectivity index (χ0) is 13.8. The number of ether oxygens (including phenoxy) is 1. The van der Waals surface area contributed by atoms with Crippen LogP contribution in [-0.4, -0.2) is 13.0 Å². The average molecular weight is 368 g/mol. The van der Waals surface area contributed by atoms with Crippen molar-refractivity contribution >= 4 is 39.9 Å². The Morgan fingerprint density at radius 2 is 2.05 bits per heavy atom. The van der Waals surface area contributed by atoms with Gasteiger partial charge >= 0.3 is 0 Å². The van der Waals surface area contributed by atoms with Gasteiger partial charge in [-0.2, -0.15) is 0 Å². The predicted molar refractivity (Wildman–Crippen MR) is 84.5 cm³/mol. The fourth-order valence-corrected chi connectivity index (χ4v) is 2.21. The Balaban J connectivity index is 2.27. The first-order valence-corrected chi connectivity index (χ1v) is 6.68. The highest BCUT2D eigenvalue weighted by Crippen LogP contribution is 2.22. The third-order valence-corrected chi connectivity index (χ3v) is 3.22. The third-order valence-electron chi connectivity index (χ3n) is 2.55. The summed E-state index contributed by atoms with van der Waals surface area (Å²) in [6.45, 7) is 0. The smallest absolute Gasteiger partial charge is 0.259 e. The number of nitrogen functional groups attached to an aromatic ring is 1. The molecule has 0 radical (unpaired) electrons. The van der Waals surface area contributed by atoms with Gasteiger partial charge in [0.1, 0.15) is 5.75 Å². The number of benzene rings is 2. The van der Waals surface area contributed by atoms with Crippen LogP contribution in [0.5, 0.6) is 5.75 Å². The standard InChI is InChI=1S/C14H13IN2O2/c1-19-13-6-5-10(16)8-12(13)14(18)17-11-4-2-3-9(15)7-11/h2-8H,16H2,1H3,(H,17,18). The maximum absolute atomic E-state index is 12.2. The molecule has 19 heavy (non-hydrogen) atoms. The highest BCUT2D eigenvalue weighted by Gasteiger charge is 2.12. The third kappa shape index (κ3) is 3.37. The van der Waals surface area contributed by atoms with E-state index in [-0.39, 0.29) is 5.91 Å². The Hall–Kier alpha value is -1.76. The van der Waals surface area contributed by atoms with Crippen molar-refractivity contribution in [1.82, 2.24) is 0 Å². The summed E-state index contributed by atoms with van der Waals surface area (Å²) in [6, 6.07) is 12.5. The van der Waals surface area contributed by atoms with Crippen molar-refractivity contribution in [2.75, 3.05) is 18.2 Å². The molecule has 0 aliphatic heterocycles. The second-order valence-electron chi connectivity index (χ2n) is 3.92. The molecule has 2 rings (SSSR count). The molecular formula is C14H13IN2O2. The maximum Gasteiger partial charge on any atom is 0.259 e. The van der Waals surface area contributed by atoms with Gasteiger partial charge in [-0.05, 0) is 59.0 Å². The van der Waals surface area contributed by atoms with Crippen LogP contribution in [0.3, 0.4) is 0 Å².